The molecule has 0 aliphatic heterocycles. The molecular weight excluding hydrogens is 307 g/mol. The summed E-state index contributed by atoms with van der Waals surface area (Å²) in [4.78, 5) is 3.93. The fourth-order valence-electron chi connectivity index (χ4n) is 1.99. The molecule has 0 aliphatic rings. The van der Waals surface area contributed by atoms with Crippen molar-refractivity contribution in [3.05, 3.63) is 64.1 Å². The van der Waals surface area contributed by atoms with Gasteiger partial charge in [0.1, 0.15) is 5.82 Å². The van der Waals surface area contributed by atoms with Gasteiger partial charge in [0, 0.05) is 10.7 Å². The third-order valence-corrected chi connectivity index (χ3v) is 3.33. The molecule has 0 amide bonds. The van der Waals surface area contributed by atoms with Crippen LogP contribution >= 0.6 is 15.9 Å². The molecule has 2 nitrogen and oxygen atoms in total. The van der Waals surface area contributed by atoms with Crippen LogP contribution in [0, 0.1) is 5.82 Å². The molecule has 19 heavy (non-hydrogen) atoms. The molecule has 1 aromatic carbocycles. The van der Waals surface area contributed by atoms with Gasteiger partial charge in [-0.15, -0.1) is 0 Å². The van der Waals surface area contributed by atoms with E-state index in [-0.39, 0.29) is 11.9 Å². The molecule has 0 spiro atoms. The second-order valence-electron chi connectivity index (χ2n) is 4.38. The van der Waals surface area contributed by atoms with Gasteiger partial charge in [-0.25, -0.2) is 4.39 Å². The van der Waals surface area contributed by atoms with E-state index in [2.05, 4.69) is 33.2 Å². The Morgan fingerprint density at radius 3 is 2.79 bits per heavy atom. The molecule has 0 fully saturated rings. The Bertz CT molecular complexity index is 500. The molecule has 1 unspecified atom stereocenters. The first-order valence-electron chi connectivity index (χ1n) is 6.30. The maximum Gasteiger partial charge on any atom is 0.141 e. The van der Waals surface area contributed by atoms with E-state index in [1.807, 2.05) is 24.3 Å². The van der Waals surface area contributed by atoms with Gasteiger partial charge in [0.05, 0.1) is 12.2 Å². The molecule has 2 rings (SSSR count). The first-order chi connectivity index (χ1) is 9.20. The number of halogens is 2. The summed E-state index contributed by atoms with van der Waals surface area (Å²) >= 11 is 3.47. The summed E-state index contributed by atoms with van der Waals surface area (Å²) in [5, 5.41) is 3.43. The van der Waals surface area contributed by atoms with Gasteiger partial charge in [-0.05, 0) is 42.3 Å². The van der Waals surface area contributed by atoms with Gasteiger partial charge < -0.3 is 5.32 Å². The fraction of sp³-hybridized carbons (Fsp3) is 0.267. The first-order valence-corrected chi connectivity index (χ1v) is 7.09. The summed E-state index contributed by atoms with van der Waals surface area (Å²) < 4.78 is 14.4. The van der Waals surface area contributed by atoms with E-state index in [1.54, 1.807) is 6.20 Å². The lowest BCUT2D eigenvalue weighted by molar-refractivity contribution is 0.580. The summed E-state index contributed by atoms with van der Waals surface area (Å²) in [6, 6.07) is 9.51. The second kappa shape index (κ2) is 6.78. The second-order valence-corrected chi connectivity index (χ2v) is 5.29. The Labute approximate surface area is 121 Å². The highest BCUT2D eigenvalue weighted by Gasteiger charge is 2.14. The summed E-state index contributed by atoms with van der Waals surface area (Å²) in [6.45, 7) is 2.97. The van der Waals surface area contributed by atoms with Crippen molar-refractivity contribution in [1.82, 2.24) is 10.3 Å². The lowest BCUT2D eigenvalue weighted by atomic mass is 10.00. The largest absolute Gasteiger partial charge is 0.306 e. The highest BCUT2D eigenvalue weighted by atomic mass is 79.9. The number of nitrogens with zero attached hydrogens (tertiary/aromatic N) is 1. The van der Waals surface area contributed by atoms with Gasteiger partial charge in [0.25, 0.3) is 0 Å². The molecule has 0 saturated carbocycles. The fourth-order valence-corrected chi connectivity index (χ4v) is 2.41. The quantitative estimate of drug-likeness (QED) is 0.897. The molecule has 2 aromatic rings. The Balaban J connectivity index is 2.35. The Morgan fingerprint density at radius 2 is 2.11 bits per heavy atom. The Hall–Kier alpha value is -1.26. The normalized spacial score (nSPS) is 12.4. The van der Waals surface area contributed by atoms with Crippen LogP contribution in [-0.2, 0) is 0 Å². The minimum absolute atomic E-state index is 0.0411. The zero-order valence-corrected chi connectivity index (χ0v) is 12.3. The van der Waals surface area contributed by atoms with E-state index in [9.17, 15) is 4.39 Å². The molecule has 0 aliphatic carbocycles. The predicted octanol–water partition coefficient (Wildman–Crippen LogP) is 4.07. The molecule has 1 aromatic heterocycles. The first kappa shape index (κ1) is 14.2. The zero-order valence-electron chi connectivity index (χ0n) is 10.7. The Morgan fingerprint density at radius 1 is 1.26 bits per heavy atom. The van der Waals surface area contributed by atoms with Crippen molar-refractivity contribution in [3.63, 3.8) is 0 Å². The molecular formula is C15H16BrFN2. The molecule has 1 heterocycles. The van der Waals surface area contributed by atoms with Crippen molar-refractivity contribution in [1.29, 1.82) is 0 Å². The molecule has 4 heteroatoms. The van der Waals surface area contributed by atoms with Crippen molar-refractivity contribution < 1.29 is 4.39 Å². The van der Waals surface area contributed by atoms with Gasteiger partial charge in [-0.2, -0.15) is 0 Å². The van der Waals surface area contributed by atoms with Crippen LogP contribution in [0.4, 0.5) is 4.39 Å². The maximum atomic E-state index is 13.3. The van der Waals surface area contributed by atoms with Crippen molar-refractivity contribution in [2.24, 2.45) is 0 Å². The topological polar surface area (TPSA) is 24.9 Å². The minimum atomic E-state index is -0.309. The number of pyridine rings is 1. The van der Waals surface area contributed by atoms with Crippen molar-refractivity contribution in [2.45, 2.75) is 19.4 Å². The summed E-state index contributed by atoms with van der Waals surface area (Å²) in [5.41, 5.74) is 1.93. The number of hydrogen-bond donors (Lipinski definition) is 1. The molecule has 1 atom stereocenters. The average molecular weight is 323 g/mol. The van der Waals surface area contributed by atoms with Crippen LogP contribution in [0.25, 0.3) is 0 Å². The standard InChI is InChI=1S/C15H16BrFN2/c1-2-6-19-15(11-4-3-5-13(16)7-11)12-8-14(17)10-18-9-12/h3-5,7-10,15,19H,2,6H2,1H3. The monoisotopic (exact) mass is 322 g/mol. The van der Waals surface area contributed by atoms with Gasteiger partial charge in [0.2, 0.25) is 0 Å². The highest BCUT2D eigenvalue weighted by Crippen LogP contribution is 2.24. The van der Waals surface area contributed by atoms with E-state index in [4.69, 9.17) is 0 Å². The van der Waals surface area contributed by atoms with E-state index in [0.29, 0.717) is 0 Å². The van der Waals surface area contributed by atoms with E-state index >= 15 is 0 Å². The lowest BCUT2D eigenvalue weighted by Crippen LogP contribution is -2.23. The smallest absolute Gasteiger partial charge is 0.141 e. The summed E-state index contributed by atoms with van der Waals surface area (Å²) in [6.07, 6.45) is 3.95. The van der Waals surface area contributed by atoms with Crippen LogP contribution in [0.5, 0.6) is 0 Å². The van der Waals surface area contributed by atoms with Crippen LogP contribution in [-0.4, -0.2) is 11.5 Å². The Kier molecular flexibility index (Phi) is 5.05. The van der Waals surface area contributed by atoms with Gasteiger partial charge in [0.15, 0.2) is 0 Å². The van der Waals surface area contributed by atoms with Crippen LogP contribution in [0.3, 0.4) is 0 Å². The van der Waals surface area contributed by atoms with Crippen LogP contribution in [0.15, 0.2) is 47.2 Å². The average Bonchev–Trinajstić information content (AvgIpc) is 2.39. The number of rotatable bonds is 5. The summed E-state index contributed by atoms with van der Waals surface area (Å²) in [5.74, 6) is -0.309. The minimum Gasteiger partial charge on any atom is -0.306 e. The third kappa shape index (κ3) is 3.85. The van der Waals surface area contributed by atoms with Crippen molar-refractivity contribution in [3.8, 4) is 0 Å². The third-order valence-electron chi connectivity index (χ3n) is 2.84. The maximum absolute atomic E-state index is 13.3. The van der Waals surface area contributed by atoms with Crippen LogP contribution < -0.4 is 5.32 Å². The molecule has 0 bridgehead atoms. The van der Waals surface area contributed by atoms with Gasteiger partial charge in [-0.3, -0.25) is 4.98 Å². The number of hydrogen-bond acceptors (Lipinski definition) is 2. The molecule has 0 radical (unpaired) electrons. The molecule has 1 N–H and O–H groups in total. The van der Waals surface area contributed by atoms with Gasteiger partial charge >= 0.3 is 0 Å². The number of nitrogens with one attached hydrogen (secondary N) is 1. The van der Waals surface area contributed by atoms with Crippen LogP contribution in [0.2, 0.25) is 0 Å². The van der Waals surface area contributed by atoms with E-state index < -0.39 is 0 Å². The lowest BCUT2D eigenvalue weighted by Gasteiger charge is -2.19. The van der Waals surface area contributed by atoms with E-state index in [0.717, 1.165) is 28.6 Å². The van der Waals surface area contributed by atoms with Crippen LogP contribution in [0.1, 0.15) is 30.5 Å². The van der Waals surface area contributed by atoms with E-state index in [1.165, 1.54) is 12.3 Å². The van der Waals surface area contributed by atoms with Gasteiger partial charge in [-0.1, -0.05) is 35.0 Å². The molecule has 0 saturated heterocycles. The predicted molar refractivity (Wildman–Crippen MR) is 78.5 cm³/mol. The molecule has 100 valence electrons. The zero-order chi connectivity index (χ0) is 13.7. The summed E-state index contributed by atoms with van der Waals surface area (Å²) in [7, 11) is 0. The van der Waals surface area contributed by atoms with Crippen molar-refractivity contribution in [2.75, 3.05) is 6.54 Å². The SMILES string of the molecule is CCCNC(c1cncc(F)c1)c1cccc(Br)c1. The number of aromatic nitrogens is 1. The number of benzene rings is 1. The van der Waals surface area contributed by atoms with Crippen molar-refractivity contribution >= 4 is 15.9 Å². The highest BCUT2D eigenvalue weighted by molar-refractivity contribution is 9.10.